The van der Waals surface area contributed by atoms with E-state index in [1.807, 2.05) is 6.07 Å². The Morgan fingerprint density at radius 3 is 2.43 bits per heavy atom. The van der Waals surface area contributed by atoms with Gasteiger partial charge in [-0.1, -0.05) is 0 Å². The number of hydrogen-bond donors (Lipinski definition) is 1. The number of aromatic nitrogens is 1. The van der Waals surface area contributed by atoms with Crippen molar-refractivity contribution in [3.8, 4) is 11.8 Å². The van der Waals surface area contributed by atoms with Crippen molar-refractivity contribution in [3.63, 3.8) is 0 Å². The van der Waals surface area contributed by atoms with Crippen LogP contribution in [-0.2, 0) is 16.0 Å². The normalized spacial score (nSPS) is 11.4. The molecule has 0 saturated heterocycles. The van der Waals surface area contributed by atoms with Crippen molar-refractivity contribution < 1.29 is 19.1 Å². The number of esters is 1. The number of hydrogen-bond acceptors (Lipinski definition) is 6. The first-order chi connectivity index (χ1) is 13.3. The molecule has 0 fully saturated rings. The Morgan fingerprint density at radius 1 is 1.21 bits per heavy atom. The molecule has 0 aliphatic heterocycles. The first kappa shape index (κ1) is 20.9. The summed E-state index contributed by atoms with van der Waals surface area (Å²) in [6.07, 6.45) is -0.599. The summed E-state index contributed by atoms with van der Waals surface area (Å²) in [6, 6.07) is 8.43. The van der Waals surface area contributed by atoms with Crippen molar-refractivity contribution in [1.82, 2.24) is 4.98 Å². The van der Waals surface area contributed by atoms with Crippen LogP contribution in [0.3, 0.4) is 0 Å². The lowest BCUT2D eigenvalue weighted by Crippen LogP contribution is -2.25. The third-order valence-corrected chi connectivity index (χ3v) is 4.55. The Hall–Kier alpha value is -3.40. The highest BCUT2D eigenvalue weighted by atomic mass is 16.5. The van der Waals surface area contributed by atoms with Crippen molar-refractivity contribution in [1.29, 1.82) is 5.26 Å². The molecule has 0 radical (unpaired) electrons. The second-order valence-corrected chi connectivity index (χ2v) is 6.39. The van der Waals surface area contributed by atoms with Gasteiger partial charge in [0, 0.05) is 17.7 Å². The predicted octanol–water partition coefficient (Wildman–Crippen LogP) is 2.62. The molecule has 0 aliphatic rings. The molecule has 2 aromatic rings. The molecule has 0 saturated carbocycles. The Labute approximate surface area is 162 Å². The minimum absolute atomic E-state index is 0.0266. The third-order valence-electron chi connectivity index (χ3n) is 4.55. The maximum Gasteiger partial charge on any atom is 0.306 e. The van der Waals surface area contributed by atoms with Gasteiger partial charge in [0.25, 0.3) is 5.56 Å². The zero-order valence-corrected chi connectivity index (χ0v) is 16.3. The van der Waals surface area contributed by atoms with E-state index in [-0.39, 0.29) is 17.8 Å². The summed E-state index contributed by atoms with van der Waals surface area (Å²) in [4.78, 5) is 38.9. The van der Waals surface area contributed by atoms with Crippen LogP contribution in [-0.4, -0.2) is 30.0 Å². The van der Waals surface area contributed by atoms with Crippen LogP contribution in [0.15, 0.2) is 29.1 Å². The number of pyridine rings is 1. The van der Waals surface area contributed by atoms with Gasteiger partial charge in [-0.3, -0.25) is 14.4 Å². The zero-order chi connectivity index (χ0) is 20.8. The number of carbonyl (C=O) groups excluding carboxylic acids is 2. The SMILES string of the molecule is COc1ccc(C(=O)[C@H](C)OC(=O)CCc2c(C)[nH]c(=O)c(C#N)c2C)cc1. The second-order valence-electron chi connectivity index (χ2n) is 6.39. The first-order valence-electron chi connectivity index (χ1n) is 8.78. The van der Waals surface area contributed by atoms with E-state index in [0.717, 1.165) is 5.56 Å². The summed E-state index contributed by atoms with van der Waals surface area (Å²) in [7, 11) is 1.53. The minimum Gasteiger partial charge on any atom is -0.497 e. The minimum atomic E-state index is -0.923. The zero-order valence-electron chi connectivity index (χ0n) is 16.3. The van der Waals surface area contributed by atoms with Gasteiger partial charge in [-0.05, 0) is 62.6 Å². The highest BCUT2D eigenvalue weighted by Gasteiger charge is 2.20. The number of nitrogens with one attached hydrogen (secondary N) is 1. The van der Waals surface area contributed by atoms with Gasteiger partial charge < -0.3 is 14.5 Å². The molecule has 1 aromatic carbocycles. The summed E-state index contributed by atoms with van der Waals surface area (Å²) in [6.45, 7) is 4.91. The van der Waals surface area contributed by atoms with E-state index in [0.29, 0.717) is 29.0 Å². The van der Waals surface area contributed by atoms with E-state index in [9.17, 15) is 14.4 Å². The first-order valence-corrected chi connectivity index (χ1v) is 8.78. The Morgan fingerprint density at radius 2 is 1.86 bits per heavy atom. The maximum absolute atomic E-state index is 12.4. The van der Waals surface area contributed by atoms with Crippen LogP contribution in [0.2, 0.25) is 0 Å². The van der Waals surface area contributed by atoms with Crippen molar-refractivity contribution in [2.24, 2.45) is 0 Å². The molecule has 1 atom stereocenters. The van der Waals surface area contributed by atoms with Gasteiger partial charge in [-0.15, -0.1) is 0 Å². The molecule has 1 N–H and O–H groups in total. The fourth-order valence-corrected chi connectivity index (χ4v) is 2.95. The largest absolute Gasteiger partial charge is 0.497 e. The fraction of sp³-hybridized carbons (Fsp3) is 0.333. The van der Waals surface area contributed by atoms with E-state index in [1.54, 1.807) is 38.1 Å². The molecular formula is C21H22N2O5. The van der Waals surface area contributed by atoms with Gasteiger partial charge in [-0.2, -0.15) is 5.26 Å². The number of ketones is 1. The van der Waals surface area contributed by atoms with E-state index >= 15 is 0 Å². The average Bonchev–Trinajstić information content (AvgIpc) is 2.67. The molecule has 146 valence electrons. The van der Waals surface area contributed by atoms with Crippen LogP contribution in [0, 0.1) is 25.2 Å². The van der Waals surface area contributed by atoms with Gasteiger partial charge in [0.2, 0.25) is 5.78 Å². The lowest BCUT2D eigenvalue weighted by Gasteiger charge is -2.14. The van der Waals surface area contributed by atoms with Crippen molar-refractivity contribution in [3.05, 3.63) is 62.6 Å². The molecule has 0 aliphatic carbocycles. The molecule has 28 heavy (non-hydrogen) atoms. The van der Waals surface area contributed by atoms with Crippen LogP contribution in [0.5, 0.6) is 5.75 Å². The van der Waals surface area contributed by atoms with Crippen molar-refractivity contribution in [2.45, 2.75) is 39.7 Å². The van der Waals surface area contributed by atoms with Crippen LogP contribution in [0.25, 0.3) is 0 Å². The average molecular weight is 382 g/mol. The number of nitriles is 1. The highest BCUT2D eigenvalue weighted by Crippen LogP contribution is 2.17. The van der Waals surface area contributed by atoms with Crippen LogP contribution < -0.4 is 10.3 Å². The second kappa shape index (κ2) is 9.00. The summed E-state index contributed by atoms with van der Waals surface area (Å²) < 4.78 is 10.3. The number of methoxy groups -OCH3 is 1. The van der Waals surface area contributed by atoms with Crippen LogP contribution >= 0.6 is 0 Å². The number of benzene rings is 1. The lowest BCUT2D eigenvalue weighted by molar-refractivity contribution is -0.146. The van der Waals surface area contributed by atoms with Gasteiger partial charge in [0.15, 0.2) is 6.10 Å². The number of nitrogens with zero attached hydrogens (tertiary/aromatic N) is 1. The molecular weight excluding hydrogens is 360 g/mol. The summed E-state index contributed by atoms with van der Waals surface area (Å²) >= 11 is 0. The number of ether oxygens (including phenoxy) is 2. The summed E-state index contributed by atoms with van der Waals surface area (Å²) in [5, 5.41) is 9.11. The molecule has 0 unspecified atom stereocenters. The molecule has 0 bridgehead atoms. The quantitative estimate of drug-likeness (QED) is 0.582. The van der Waals surface area contributed by atoms with Gasteiger partial charge in [0.05, 0.1) is 7.11 Å². The number of aryl methyl sites for hydroxylation is 1. The van der Waals surface area contributed by atoms with E-state index in [1.165, 1.54) is 14.0 Å². The van der Waals surface area contributed by atoms with Gasteiger partial charge >= 0.3 is 5.97 Å². The maximum atomic E-state index is 12.4. The molecule has 1 heterocycles. The molecule has 1 aromatic heterocycles. The van der Waals surface area contributed by atoms with Crippen molar-refractivity contribution in [2.75, 3.05) is 7.11 Å². The third kappa shape index (κ3) is 4.65. The Balaban J connectivity index is 2.01. The summed E-state index contributed by atoms with van der Waals surface area (Å²) in [5.74, 6) is -0.207. The predicted molar refractivity (Wildman–Crippen MR) is 102 cm³/mol. The van der Waals surface area contributed by atoms with E-state index in [4.69, 9.17) is 14.7 Å². The summed E-state index contributed by atoms with van der Waals surface area (Å²) in [5.41, 5.74) is 1.91. The lowest BCUT2D eigenvalue weighted by atomic mass is 9.99. The smallest absolute Gasteiger partial charge is 0.306 e. The van der Waals surface area contributed by atoms with Crippen LogP contribution in [0.1, 0.15) is 46.1 Å². The Bertz CT molecular complexity index is 984. The Kier molecular flexibility index (Phi) is 6.72. The molecule has 7 heteroatoms. The number of aromatic amines is 1. The van der Waals surface area contributed by atoms with E-state index < -0.39 is 17.6 Å². The molecule has 7 nitrogen and oxygen atoms in total. The van der Waals surface area contributed by atoms with Crippen LogP contribution in [0.4, 0.5) is 0 Å². The standard InChI is InChI=1S/C21H22N2O5/c1-12-17(13(2)23-21(26)18(12)11-22)9-10-19(24)28-14(3)20(25)15-5-7-16(27-4)8-6-15/h5-8,14H,9-10H2,1-4H3,(H,23,26)/t14-/m0/s1. The number of Topliss-reactive ketones (excluding diaryl/α,β-unsaturated/α-hetero) is 1. The number of carbonyl (C=O) groups is 2. The molecule has 0 amide bonds. The highest BCUT2D eigenvalue weighted by molar-refractivity contribution is 6.00. The fourth-order valence-electron chi connectivity index (χ4n) is 2.95. The van der Waals surface area contributed by atoms with Gasteiger partial charge in [0.1, 0.15) is 17.4 Å². The monoisotopic (exact) mass is 382 g/mol. The van der Waals surface area contributed by atoms with Crippen molar-refractivity contribution >= 4 is 11.8 Å². The number of H-pyrrole nitrogens is 1. The topological polar surface area (TPSA) is 109 Å². The molecule has 0 spiro atoms. The number of rotatable bonds is 7. The van der Waals surface area contributed by atoms with E-state index in [2.05, 4.69) is 4.98 Å². The molecule has 2 rings (SSSR count). The van der Waals surface area contributed by atoms with Gasteiger partial charge in [-0.25, -0.2) is 0 Å².